The quantitative estimate of drug-likeness (QED) is 0.876. The number of aromatic amines is 1. The van der Waals surface area contributed by atoms with Gasteiger partial charge in [0.05, 0.1) is 18.4 Å². The van der Waals surface area contributed by atoms with Crippen molar-refractivity contribution in [3.05, 3.63) is 36.1 Å². The lowest BCUT2D eigenvalue weighted by molar-refractivity contribution is -0.113. The van der Waals surface area contributed by atoms with E-state index in [1.165, 1.54) is 18.4 Å². The van der Waals surface area contributed by atoms with Crippen LogP contribution in [0.1, 0.15) is 12.8 Å². The molecule has 2 heterocycles. The Morgan fingerprint density at radius 1 is 1.42 bits per heavy atom. The van der Waals surface area contributed by atoms with Crippen LogP contribution in [-0.2, 0) is 9.53 Å². The molecule has 0 saturated carbocycles. The van der Waals surface area contributed by atoms with Crippen molar-refractivity contribution in [2.75, 3.05) is 11.9 Å². The third-order valence-electron chi connectivity index (χ3n) is 3.27. The van der Waals surface area contributed by atoms with E-state index < -0.39 is 6.61 Å². The molecule has 0 spiro atoms. The Morgan fingerprint density at radius 3 is 3.04 bits per heavy atom. The average molecular weight is 336 g/mol. The second-order valence-electron chi connectivity index (χ2n) is 4.99. The molecule has 0 unspecified atom stereocenters. The standard InChI is InChI=1S/C15H14F2N4O3/c16-14(17)24-11-5-1-3-9(7-11)12-18-15(21-20-12)19-13(22)10-4-2-6-23-8-10/h1,3,5,7-8,14H,2,4,6H2,(H2,18,19,20,21,22). The first-order chi connectivity index (χ1) is 11.6. The Bertz CT molecular complexity index is 761. The van der Waals surface area contributed by atoms with Crippen LogP contribution in [-0.4, -0.2) is 34.3 Å². The van der Waals surface area contributed by atoms with E-state index in [0.717, 1.165) is 6.42 Å². The summed E-state index contributed by atoms with van der Waals surface area (Å²) in [5.41, 5.74) is 1.02. The number of hydrogen-bond acceptors (Lipinski definition) is 5. The zero-order chi connectivity index (χ0) is 16.9. The van der Waals surface area contributed by atoms with E-state index in [4.69, 9.17) is 4.74 Å². The second kappa shape index (κ2) is 7.07. The number of nitrogens with one attached hydrogen (secondary N) is 2. The zero-order valence-electron chi connectivity index (χ0n) is 12.5. The fourth-order valence-electron chi connectivity index (χ4n) is 2.18. The maximum Gasteiger partial charge on any atom is 0.387 e. The largest absolute Gasteiger partial charge is 0.501 e. The average Bonchev–Trinajstić information content (AvgIpc) is 3.04. The molecule has 0 saturated heterocycles. The van der Waals surface area contributed by atoms with Crippen molar-refractivity contribution < 1.29 is 23.0 Å². The van der Waals surface area contributed by atoms with Crippen LogP contribution in [0.5, 0.6) is 5.75 Å². The van der Waals surface area contributed by atoms with E-state index in [-0.39, 0.29) is 17.6 Å². The number of nitrogens with zero attached hydrogens (tertiary/aromatic N) is 2. The van der Waals surface area contributed by atoms with Gasteiger partial charge >= 0.3 is 6.61 Å². The van der Waals surface area contributed by atoms with Gasteiger partial charge in [0.15, 0.2) is 5.82 Å². The summed E-state index contributed by atoms with van der Waals surface area (Å²) in [7, 11) is 0. The van der Waals surface area contributed by atoms with Gasteiger partial charge in [-0.15, -0.1) is 5.10 Å². The molecule has 2 aromatic rings. The lowest BCUT2D eigenvalue weighted by atomic mass is 10.1. The molecule has 7 nitrogen and oxygen atoms in total. The second-order valence-corrected chi connectivity index (χ2v) is 4.99. The molecule has 1 aliphatic heterocycles. The van der Waals surface area contributed by atoms with E-state index in [1.54, 1.807) is 12.1 Å². The summed E-state index contributed by atoms with van der Waals surface area (Å²) in [6, 6.07) is 6.01. The minimum Gasteiger partial charge on any atom is -0.501 e. The van der Waals surface area contributed by atoms with E-state index in [9.17, 15) is 13.6 Å². The highest BCUT2D eigenvalue weighted by atomic mass is 19.3. The van der Waals surface area contributed by atoms with Gasteiger partial charge in [-0.25, -0.2) is 0 Å². The van der Waals surface area contributed by atoms with Gasteiger partial charge < -0.3 is 9.47 Å². The molecule has 1 amide bonds. The van der Waals surface area contributed by atoms with Crippen LogP contribution in [0.4, 0.5) is 14.7 Å². The molecule has 24 heavy (non-hydrogen) atoms. The van der Waals surface area contributed by atoms with Crippen molar-refractivity contribution in [1.82, 2.24) is 15.2 Å². The summed E-state index contributed by atoms with van der Waals surface area (Å²) in [6.07, 6.45) is 2.82. The van der Waals surface area contributed by atoms with Gasteiger partial charge in [0.1, 0.15) is 5.75 Å². The van der Waals surface area contributed by atoms with Gasteiger partial charge in [-0.1, -0.05) is 12.1 Å². The number of H-pyrrole nitrogens is 1. The number of rotatable bonds is 5. The van der Waals surface area contributed by atoms with Gasteiger partial charge in [0, 0.05) is 5.56 Å². The van der Waals surface area contributed by atoms with Gasteiger partial charge in [0.2, 0.25) is 5.95 Å². The number of benzene rings is 1. The van der Waals surface area contributed by atoms with Crippen molar-refractivity contribution in [2.45, 2.75) is 19.5 Å². The highest BCUT2D eigenvalue weighted by Crippen LogP contribution is 2.23. The van der Waals surface area contributed by atoms with Crippen LogP contribution in [0, 0.1) is 0 Å². The first-order valence-electron chi connectivity index (χ1n) is 7.21. The smallest absolute Gasteiger partial charge is 0.387 e. The lowest BCUT2D eigenvalue weighted by Crippen LogP contribution is -2.18. The minimum atomic E-state index is -2.91. The maximum atomic E-state index is 12.3. The SMILES string of the molecule is O=C(Nc1n[nH]c(-c2cccc(OC(F)F)c2)n1)C1=COCCC1. The molecule has 1 aromatic carbocycles. The molecule has 126 valence electrons. The third kappa shape index (κ3) is 3.86. The molecule has 3 rings (SSSR count). The first kappa shape index (κ1) is 15.9. The third-order valence-corrected chi connectivity index (χ3v) is 3.27. The van der Waals surface area contributed by atoms with E-state index >= 15 is 0 Å². The molecular formula is C15H14F2N4O3. The molecule has 0 bridgehead atoms. The first-order valence-corrected chi connectivity index (χ1v) is 7.21. The highest BCUT2D eigenvalue weighted by Gasteiger charge is 2.16. The molecule has 9 heteroatoms. The highest BCUT2D eigenvalue weighted by molar-refractivity contribution is 6.02. The predicted molar refractivity (Wildman–Crippen MR) is 80.3 cm³/mol. The van der Waals surface area contributed by atoms with Crippen LogP contribution in [0.2, 0.25) is 0 Å². The van der Waals surface area contributed by atoms with Crippen LogP contribution in [0.15, 0.2) is 36.1 Å². The monoisotopic (exact) mass is 336 g/mol. The molecule has 2 N–H and O–H groups in total. The molecular weight excluding hydrogens is 322 g/mol. The van der Waals surface area contributed by atoms with E-state index in [2.05, 4.69) is 25.2 Å². The Kier molecular flexibility index (Phi) is 4.69. The van der Waals surface area contributed by atoms with Crippen molar-refractivity contribution in [3.8, 4) is 17.1 Å². The number of amides is 1. The Balaban J connectivity index is 1.71. The fraction of sp³-hybridized carbons (Fsp3) is 0.267. The van der Waals surface area contributed by atoms with Gasteiger partial charge in [0.25, 0.3) is 5.91 Å². The molecule has 0 aliphatic carbocycles. The van der Waals surface area contributed by atoms with Gasteiger partial charge in [-0.3, -0.25) is 15.2 Å². The number of ether oxygens (including phenoxy) is 2. The van der Waals surface area contributed by atoms with Crippen molar-refractivity contribution in [1.29, 1.82) is 0 Å². The number of aromatic nitrogens is 3. The van der Waals surface area contributed by atoms with Crippen LogP contribution in [0.3, 0.4) is 0 Å². The molecule has 1 aliphatic rings. The summed E-state index contributed by atoms with van der Waals surface area (Å²) < 4.78 is 34.0. The van der Waals surface area contributed by atoms with Gasteiger partial charge in [-0.2, -0.15) is 13.8 Å². The normalized spacial score (nSPS) is 14.0. The topological polar surface area (TPSA) is 89.1 Å². The summed E-state index contributed by atoms with van der Waals surface area (Å²) in [6.45, 7) is -2.31. The van der Waals surface area contributed by atoms with Crippen LogP contribution in [0.25, 0.3) is 11.4 Å². The number of anilines is 1. The molecule has 1 aromatic heterocycles. The summed E-state index contributed by atoms with van der Waals surface area (Å²) in [5.74, 6) is 0.0737. The van der Waals surface area contributed by atoms with Gasteiger partial charge in [-0.05, 0) is 25.0 Å². The number of carbonyl (C=O) groups is 1. The summed E-state index contributed by atoms with van der Waals surface area (Å²) in [4.78, 5) is 16.2. The van der Waals surface area contributed by atoms with E-state index in [0.29, 0.717) is 30.0 Å². The Labute approximate surface area is 135 Å². The molecule has 0 atom stereocenters. The van der Waals surface area contributed by atoms with Crippen molar-refractivity contribution in [2.24, 2.45) is 0 Å². The number of hydrogen-bond donors (Lipinski definition) is 2. The Hall–Kier alpha value is -2.97. The lowest BCUT2D eigenvalue weighted by Gasteiger charge is -2.11. The zero-order valence-corrected chi connectivity index (χ0v) is 12.5. The van der Waals surface area contributed by atoms with Crippen LogP contribution < -0.4 is 10.1 Å². The fourth-order valence-corrected chi connectivity index (χ4v) is 2.18. The van der Waals surface area contributed by atoms with E-state index in [1.807, 2.05) is 0 Å². The maximum absolute atomic E-state index is 12.3. The molecule has 0 fully saturated rings. The van der Waals surface area contributed by atoms with Crippen molar-refractivity contribution >= 4 is 11.9 Å². The number of carbonyl (C=O) groups excluding carboxylic acids is 1. The predicted octanol–water partition coefficient (Wildman–Crippen LogP) is 2.71. The number of halogens is 2. The summed E-state index contributed by atoms with van der Waals surface area (Å²) in [5, 5.41) is 9.09. The van der Waals surface area contributed by atoms with Crippen molar-refractivity contribution in [3.63, 3.8) is 0 Å². The Morgan fingerprint density at radius 2 is 2.29 bits per heavy atom. The summed E-state index contributed by atoms with van der Waals surface area (Å²) >= 11 is 0. The minimum absolute atomic E-state index is 0.00833. The number of alkyl halides is 2. The molecule has 0 radical (unpaired) electrons. The van der Waals surface area contributed by atoms with Crippen LogP contribution >= 0.6 is 0 Å².